The van der Waals surface area contributed by atoms with E-state index in [0.717, 1.165) is 49.6 Å². The largest absolute Gasteiger partial charge is 0.337 e. The van der Waals surface area contributed by atoms with Crippen molar-refractivity contribution in [1.82, 2.24) is 15.2 Å². The van der Waals surface area contributed by atoms with Crippen LogP contribution in [-0.2, 0) is 0 Å². The average molecular weight is 345 g/mol. The Morgan fingerprint density at radius 2 is 1.83 bits per heavy atom. The van der Waals surface area contributed by atoms with E-state index in [1.54, 1.807) is 12.1 Å². The number of likely N-dealkylation sites (tertiary alicyclic amines) is 1. The maximum absolute atomic E-state index is 13.0. The van der Waals surface area contributed by atoms with Crippen molar-refractivity contribution in [2.75, 3.05) is 26.2 Å². The highest BCUT2D eigenvalue weighted by Crippen LogP contribution is 2.29. The van der Waals surface area contributed by atoms with Crippen molar-refractivity contribution >= 4 is 17.2 Å². The molecule has 1 N–H and O–H groups in total. The molecule has 2 aliphatic rings. The van der Waals surface area contributed by atoms with Gasteiger partial charge in [-0.1, -0.05) is 0 Å². The summed E-state index contributed by atoms with van der Waals surface area (Å²) in [4.78, 5) is 19.2. The highest BCUT2D eigenvalue weighted by molar-refractivity contribution is 7.13. The number of nitrogens with zero attached hydrogens (tertiary/aromatic N) is 2. The number of amides is 1. The zero-order valence-corrected chi connectivity index (χ0v) is 14.2. The van der Waals surface area contributed by atoms with Crippen LogP contribution in [0.5, 0.6) is 0 Å². The number of aromatic nitrogens is 1. The quantitative estimate of drug-likeness (QED) is 0.910. The lowest BCUT2D eigenvalue weighted by Gasteiger charge is -2.19. The average Bonchev–Trinajstić information content (AvgIpc) is 3.21. The van der Waals surface area contributed by atoms with E-state index in [2.05, 4.69) is 10.3 Å². The second kappa shape index (κ2) is 6.61. The number of halogens is 1. The number of carbonyl (C=O) groups excluding carboxylic acids is 1. The monoisotopic (exact) mass is 345 g/mol. The molecule has 24 heavy (non-hydrogen) atoms. The Bertz CT molecular complexity index is 716. The Hall–Kier alpha value is -1.79. The SMILES string of the molecule is O=C(c1csc(-c2ccc(F)cc2)n1)N1CC[C@@H]2CNC[C@@H]2CC1. The van der Waals surface area contributed by atoms with Crippen molar-refractivity contribution in [1.29, 1.82) is 0 Å². The van der Waals surface area contributed by atoms with Crippen LogP contribution >= 0.6 is 11.3 Å². The second-order valence-corrected chi connectivity index (χ2v) is 7.45. The number of nitrogens with one attached hydrogen (secondary N) is 1. The fraction of sp³-hybridized carbons (Fsp3) is 0.444. The van der Waals surface area contributed by atoms with Crippen LogP contribution in [0.2, 0.25) is 0 Å². The van der Waals surface area contributed by atoms with Crippen LogP contribution in [0.3, 0.4) is 0 Å². The Morgan fingerprint density at radius 1 is 1.17 bits per heavy atom. The normalized spacial score (nSPS) is 23.8. The number of benzene rings is 1. The minimum Gasteiger partial charge on any atom is -0.337 e. The van der Waals surface area contributed by atoms with Crippen molar-refractivity contribution in [3.8, 4) is 10.6 Å². The summed E-state index contributed by atoms with van der Waals surface area (Å²) in [5, 5.41) is 6.02. The Kier molecular flexibility index (Phi) is 4.33. The fourth-order valence-electron chi connectivity index (χ4n) is 3.68. The third kappa shape index (κ3) is 3.08. The molecule has 0 spiro atoms. The molecule has 6 heteroatoms. The van der Waals surface area contributed by atoms with Gasteiger partial charge in [0.15, 0.2) is 0 Å². The van der Waals surface area contributed by atoms with Gasteiger partial charge < -0.3 is 10.2 Å². The highest BCUT2D eigenvalue weighted by atomic mass is 32.1. The number of hydrogen-bond donors (Lipinski definition) is 1. The summed E-state index contributed by atoms with van der Waals surface area (Å²) >= 11 is 1.43. The van der Waals surface area contributed by atoms with Gasteiger partial charge in [0.1, 0.15) is 16.5 Å². The second-order valence-electron chi connectivity index (χ2n) is 6.59. The van der Waals surface area contributed by atoms with Gasteiger partial charge in [0.25, 0.3) is 5.91 Å². The predicted octanol–water partition coefficient (Wildman–Crippen LogP) is 3.02. The fourth-order valence-corrected chi connectivity index (χ4v) is 4.48. The molecule has 2 saturated heterocycles. The number of fused-ring (bicyclic) bond motifs is 1. The van der Waals surface area contributed by atoms with E-state index < -0.39 is 0 Å². The Labute approximate surface area is 144 Å². The van der Waals surface area contributed by atoms with Gasteiger partial charge in [-0.2, -0.15) is 0 Å². The van der Waals surface area contributed by atoms with Gasteiger partial charge in [-0.25, -0.2) is 9.37 Å². The van der Waals surface area contributed by atoms with E-state index in [1.807, 2.05) is 10.3 Å². The van der Waals surface area contributed by atoms with Crippen molar-refractivity contribution in [3.05, 3.63) is 41.2 Å². The number of carbonyl (C=O) groups is 1. The first-order valence-electron chi connectivity index (χ1n) is 8.42. The van der Waals surface area contributed by atoms with Gasteiger partial charge in [0.05, 0.1) is 0 Å². The van der Waals surface area contributed by atoms with Gasteiger partial charge in [-0.05, 0) is 62.0 Å². The van der Waals surface area contributed by atoms with E-state index in [0.29, 0.717) is 17.5 Å². The maximum atomic E-state index is 13.0. The molecule has 4 rings (SSSR count). The molecule has 0 unspecified atom stereocenters. The molecule has 1 aromatic heterocycles. The van der Waals surface area contributed by atoms with E-state index in [9.17, 15) is 9.18 Å². The Morgan fingerprint density at radius 3 is 2.50 bits per heavy atom. The summed E-state index contributed by atoms with van der Waals surface area (Å²) in [7, 11) is 0. The first kappa shape index (κ1) is 15.7. The predicted molar refractivity (Wildman–Crippen MR) is 92.5 cm³/mol. The lowest BCUT2D eigenvalue weighted by molar-refractivity contribution is 0.0753. The van der Waals surface area contributed by atoms with E-state index in [4.69, 9.17) is 0 Å². The summed E-state index contributed by atoms with van der Waals surface area (Å²) in [6.07, 6.45) is 2.14. The molecule has 1 aromatic carbocycles. The topological polar surface area (TPSA) is 45.2 Å². The molecule has 1 amide bonds. The molecule has 2 fully saturated rings. The summed E-state index contributed by atoms with van der Waals surface area (Å²) in [6, 6.07) is 6.23. The molecule has 4 nitrogen and oxygen atoms in total. The molecule has 126 valence electrons. The molecule has 3 heterocycles. The van der Waals surface area contributed by atoms with Crippen molar-refractivity contribution in [2.24, 2.45) is 11.8 Å². The van der Waals surface area contributed by atoms with Crippen LogP contribution in [0, 0.1) is 17.7 Å². The smallest absolute Gasteiger partial charge is 0.273 e. The Balaban J connectivity index is 1.47. The van der Waals surface area contributed by atoms with Gasteiger partial charge in [0.2, 0.25) is 0 Å². The van der Waals surface area contributed by atoms with Crippen LogP contribution in [0.15, 0.2) is 29.6 Å². The van der Waals surface area contributed by atoms with Gasteiger partial charge >= 0.3 is 0 Å². The summed E-state index contributed by atoms with van der Waals surface area (Å²) < 4.78 is 13.0. The third-order valence-corrected chi connectivity index (χ3v) is 6.01. The lowest BCUT2D eigenvalue weighted by Crippen LogP contribution is -2.33. The molecule has 2 aliphatic heterocycles. The van der Waals surface area contributed by atoms with Crippen molar-refractivity contribution < 1.29 is 9.18 Å². The minimum absolute atomic E-state index is 0.0209. The minimum atomic E-state index is -0.267. The number of rotatable bonds is 2. The van der Waals surface area contributed by atoms with Crippen LogP contribution in [-0.4, -0.2) is 42.0 Å². The van der Waals surface area contributed by atoms with Gasteiger partial charge in [-0.15, -0.1) is 11.3 Å². The molecule has 2 aromatic rings. The molecule has 0 aliphatic carbocycles. The summed E-state index contributed by atoms with van der Waals surface area (Å²) in [5.41, 5.74) is 1.35. The number of hydrogen-bond acceptors (Lipinski definition) is 4. The summed E-state index contributed by atoms with van der Waals surface area (Å²) in [5.74, 6) is 1.16. The van der Waals surface area contributed by atoms with Crippen LogP contribution in [0.4, 0.5) is 4.39 Å². The number of thiazole rings is 1. The van der Waals surface area contributed by atoms with Gasteiger partial charge in [-0.3, -0.25) is 4.79 Å². The molecule has 0 radical (unpaired) electrons. The molecule has 0 saturated carbocycles. The van der Waals surface area contributed by atoms with Crippen LogP contribution in [0.25, 0.3) is 10.6 Å². The molecule has 0 bridgehead atoms. The zero-order chi connectivity index (χ0) is 16.5. The molecular weight excluding hydrogens is 325 g/mol. The maximum Gasteiger partial charge on any atom is 0.273 e. The molecule has 2 atom stereocenters. The summed E-state index contributed by atoms with van der Waals surface area (Å²) in [6.45, 7) is 3.78. The highest BCUT2D eigenvalue weighted by Gasteiger charge is 2.32. The van der Waals surface area contributed by atoms with Gasteiger partial charge in [0, 0.05) is 24.0 Å². The first-order valence-corrected chi connectivity index (χ1v) is 9.30. The van der Waals surface area contributed by atoms with Crippen molar-refractivity contribution in [2.45, 2.75) is 12.8 Å². The lowest BCUT2D eigenvalue weighted by atomic mass is 9.92. The molecular formula is C18H20FN3OS. The third-order valence-electron chi connectivity index (χ3n) is 5.12. The van der Waals surface area contributed by atoms with Crippen LogP contribution in [0.1, 0.15) is 23.3 Å². The van der Waals surface area contributed by atoms with Crippen LogP contribution < -0.4 is 5.32 Å². The van der Waals surface area contributed by atoms with Crippen molar-refractivity contribution in [3.63, 3.8) is 0 Å². The van der Waals surface area contributed by atoms with E-state index in [1.165, 1.54) is 23.5 Å². The first-order chi connectivity index (χ1) is 11.7. The van der Waals surface area contributed by atoms with E-state index >= 15 is 0 Å². The van der Waals surface area contributed by atoms with E-state index in [-0.39, 0.29) is 11.7 Å². The standard InChI is InChI=1S/C18H20FN3OS/c19-15-3-1-12(2-4-15)17-21-16(11-24-17)18(23)22-7-5-13-9-20-10-14(13)6-8-22/h1-4,11,13-14,20H,5-10H2/t13-,14+. The zero-order valence-electron chi connectivity index (χ0n) is 13.4.